The Balaban J connectivity index is 1.44. The summed E-state index contributed by atoms with van der Waals surface area (Å²) in [5.74, 6) is -0.101. The number of ether oxygens (including phenoxy) is 2. The molecule has 188 valence electrons. The molecule has 2 aromatic heterocycles. The van der Waals surface area contributed by atoms with Crippen LogP contribution in [0.15, 0.2) is 23.1 Å². The normalized spacial score (nSPS) is 18.4. The second-order valence-electron chi connectivity index (χ2n) is 10.6. The number of aryl methyl sites for hydroxylation is 1. The van der Waals surface area contributed by atoms with Gasteiger partial charge < -0.3 is 19.8 Å². The molecular formula is C26H35N5O4. The van der Waals surface area contributed by atoms with Gasteiger partial charge in [-0.15, -0.1) is 0 Å². The molecular weight excluding hydrogens is 446 g/mol. The maximum Gasteiger partial charge on any atom is 0.259 e. The third kappa shape index (κ3) is 4.98. The monoisotopic (exact) mass is 481 g/mol. The zero-order chi connectivity index (χ0) is 24.6. The SMILES string of the molecule is Cc1cc2[nH]c(=O)c3cnn(C4CCOCC4)c3c2cc1C(=O)NCC(C)(C)CN1CCOCC1. The van der Waals surface area contributed by atoms with Crippen LogP contribution in [0.5, 0.6) is 0 Å². The number of amides is 1. The van der Waals surface area contributed by atoms with Crippen LogP contribution in [0.1, 0.15) is 48.7 Å². The van der Waals surface area contributed by atoms with Crippen LogP contribution in [-0.4, -0.2) is 78.2 Å². The van der Waals surface area contributed by atoms with E-state index in [1.165, 1.54) is 0 Å². The van der Waals surface area contributed by atoms with Gasteiger partial charge in [0.1, 0.15) is 0 Å². The molecule has 2 aliphatic heterocycles. The van der Waals surface area contributed by atoms with Gasteiger partial charge in [0.15, 0.2) is 0 Å². The van der Waals surface area contributed by atoms with Crippen molar-refractivity contribution in [3.05, 3.63) is 39.8 Å². The molecule has 3 aromatic rings. The Hall–Kier alpha value is -2.75. The Kier molecular flexibility index (Phi) is 6.65. The molecule has 2 fully saturated rings. The summed E-state index contributed by atoms with van der Waals surface area (Å²) in [4.78, 5) is 31.5. The van der Waals surface area contributed by atoms with Crippen molar-refractivity contribution in [3.8, 4) is 0 Å². The minimum Gasteiger partial charge on any atom is -0.381 e. The molecule has 0 spiro atoms. The van der Waals surface area contributed by atoms with E-state index < -0.39 is 0 Å². The van der Waals surface area contributed by atoms with Crippen LogP contribution in [0.2, 0.25) is 0 Å². The predicted octanol–water partition coefficient (Wildman–Crippen LogP) is 2.63. The maximum atomic E-state index is 13.3. The molecule has 0 aliphatic carbocycles. The van der Waals surface area contributed by atoms with Gasteiger partial charge in [0.2, 0.25) is 0 Å². The molecule has 0 radical (unpaired) electrons. The van der Waals surface area contributed by atoms with E-state index in [2.05, 4.69) is 34.1 Å². The first-order chi connectivity index (χ1) is 16.8. The van der Waals surface area contributed by atoms with Crippen LogP contribution >= 0.6 is 0 Å². The summed E-state index contributed by atoms with van der Waals surface area (Å²) in [5, 5.41) is 9.12. The highest BCUT2D eigenvalue weighted by atomic mass is 16.5. The van der Waals surface area contributed by atoms with Crippen molar-refractivity contribution in [2.24, 2.45) is 5.41 Å². The number of aromatic amines is 1. The fourth-order valence-electron chi connectivity index (χ4n) is 5.28. The lowest BCUT2D eigenvalue weighted by Crippen LogP contribution is -2.46. The van der Waals surface area contributed by atoms with Gasteiger partial charge in [-0.05, 0) is 42.9 Å². The number of hydrogen-bond acceptors (Lipinski definition) is 6. The summed E-state index contributed by atoms with van der Waals surface area (Å²) in [7, 11) is 0. The van der Waals surface area contributed by atoms with Gasteiger partial charge in [-0.3, -0.25) is 19.2 Å². The van der Waals surface area contributed by atoms with Crippen molar-refractivity contribution in [2.45, 2.75) is 39.7 Å². The van der Waals surface area contributed by atoms with Crippen LogP contribution in [0, 0.1) is 12.3 Å². The predicted molar refractivity (Wildman–Crippen MR) is 135 cm³/mol. The molecule has 1 amide bonds. The number of H-pyrrole nitrogens is 1. The van der Waals surface area contributed by atoms with E-state index in [4.69, 9.17) is 9.47 Å². The van der Waals surface area contributed by atoms with Crippen LogP contribution in [0.25, 0.3) is 21.8 Å². The molecule has 2 aliphatic rings. The van der Waals surface area contributed by atoms with Crippen molar-refractivity contribution in [1.82, 2.24) is 25.0 Å². The lowest BCUT2D eigenvalue weighted by Gasteiger charge is -2.35. The number of rotatable bonds is 6. The first kappa shape index (κ1) is 24.0. The Morgan fingerprint density at radius 2 is 1.86 bits per heavy atom. The number of carbonyl (C=O) groups is 1. The number of hydrogen-bond donors (Lipinski definition) is 2. The van der Waals surface area contributed by atoms with Crippen LogP contribution < -0.4 is 10.9 Å². The first-order valence-corrected chi connectivity index (χ1v) is 12.5. The van der Waals surface area contributed by atoms with Crippen molar-refractivity contribution in [3.63, 3.8) is 0 Å². The van der Waals surface area contributed by atoms with E-state index in [0.29, 0.717) is 30.7 Å². The number of benzene rings is 1. The van der Waals surface area contributed by atoms with E-state index in [9.17, 15) is 9.59 Å². The second-order valence-corrected chi connectivity index (χ2v) is 10.6. The van der Waals surface area contributed by atoms with Gasteiger partial charge in [0.05, 0.1) is 41.9 Å². The molecule has 0 saturated carbocycles. The van der Waals surface area contributed by atoms with Crippen molar-refractivity contribution in [2.75, 3.05) is 52.6 Å². The molecule has 2 N–H and O–H groups in total. The van der Waals surface area contributed by atoms with Gasteiger partial charge >= 0.3 is 0 Å². The number of nitrogens with zero attached hydrogens (tertiary/aromatic N) is 3. The minimum atomic E-state index is -0.160. The lowest BCUT2D eigenvalue weighted by molar-refractivity contribution is 0.0212. The highest BCUT2D eigenvalue weighted by molar-refractivity contribution is 6.07. The molecule has 5 rings (SSSR count). The average molecular weight is 482 g/mol. The Morgan fingerprint density at radius 3 is 2.60 bits per heavy atom. The molecule has 0 unspecified atom stereocenters. The molecule has 0 bridgehead atoms. The fourth-order valence-corrected chi connectivity index (χ4v) is 5.28. The van der Waals surface area contributed by atoms with Gasteiger partial charge in [-0.25, -0.2) is 0 Å². The number of pyridine rings is 1. The van der Waals surface area contributed by atoms with E-state index in [1.807, 2.05) is 23.7 Å². The highest BCUT2D eigenvalue weighted by Crippen LogP contribution is 2.30. The third-order valence-corrected chi connectivity index (χ3v) is 7.17. The van der Waals surface area contributed by atoms with Crippen LogP contribution in [0.3, 0.4) is 0 Å². The lowest BCUT2D eigenvalue weighted by atomic mass is 9.92. The number of nitrogens with one attached hydrogen (secondary N) is 2. The molecule has 0 atom stereocenters. The Bertz CT molecular complexity index is 1280. The molecule has 35 heavy (non-hydrogen) atoms. The largest absolute Gasteiger partial charge is 0.381 e. The average Bonchev–Trinajstić information content (AvgIpc) is 3.29. The van der Waals surface area contributed by atoms with Gasteiger partial charge in [-0.2, -0.15) is 5.10 Å². The number of carbonyl (C=O) groups excluding carboxylic acids is 1. The van der Waals surface area contributed by atoms with Crippen LogP contribution in [0.4, 0.5) is 0 Å². The maximum absolute atomic E-state index is 13.3. The van der Waals surface area contributed by atoms with E-state index >= 15 is 0 Å². The van der Waals surface area contributed by atoms with Gasteiger partial charge in [0.25, 0.3) is 11.5 Å². The standard InChI is InChI=1S/C26H35N5O4/c1-17-12-22-20(23-21(25(33)29-22)14-28-31(23)18-4-8-34-9-5-18)13-19(17)24(32)27-15-26(2,3)16-30-6-10-35-11-7-30/h12-14,18H,4-11,15-16H2,1-3H3,(H,27,32)(H,29,33). The highest BCUT2D eigenvalue weighted by Gasteiger charge is 2.25. The quantitative estimate of drug-likeness (QED) is 0.561. The molecule has 9 nitrogen and oxygen atoms in total. The minimum absolute atomic E-state index is 0.0715. The zero-order valence-electron chi connectivity index (χ0n) is 20.9. The topological polar surface area (TPSA) is 101 Å². The molecule has 1 aromatic carbocycles. The smallest absolute Gasteiger partial charge is 0.259 e. The van der Waals surface area contributed by atoms with Crippen molar-refractivity contribution in [1.29, 1.82) is 0 Å². The Labute approximate surface area is 204 Å². The number of fused-ring (bicyclic) bond motifs is 3. The summed E-state index contributed by atoms with van der Waals surface area (Å²) in [6, 6.07) is 3.97. The first-order valence-electron chi connectivity index (χ1n) is 12.5. The molecule has 9 heteroatoms. The van der Waals surface area contributed by atoms with Crippen LogP contribution in [-0.2, 0) is 9.47 Å². The van der Waals surface area contributed by atoms with Crippen molar-refractivity contribution < 1.29 is 14.3 Å². The third-order valence-electron chi connectivity index (χ3n) is 7.17. The van der Waals surface area contributed by atoms with Gasteiger partial charge in [-0.1, -0.05) is 13.8 Å². The van der Waals surface area contributed by atoms with Gasteiger partial charge in [0, 0.05) is 50.3 Å². The summed E-state index contributed by atoms with van der Waals surface area (Å²) >= 11 is 0. The molecule has 4 heterocycles. The number of aromatic nitrogens is 3. The summed E-state index contributed by atoms with van der Waals surface area (Å²) in [6.45, 7) is 12.5. The van der Waals surface area contributed by atoms with E-state index in [1.54, 1.807) is 6.20 Å². The Morgan fingerprint density at radius 1 is 1.14 bits per heavy atom. The van der Waals surface area contributed by atoms with Crippen molar-refractivity contribution >= 4 is 27.7 Å². The fraction of sp³-hybridized carbons (Fsp3) is 0.577. The van der Waals surface area contributed by atoms with E-state index in [0.717, 1.165) is 67.7 Å². The number of morpholine rings is 1. The zero-order valence-corrected chi connectivity index (χ0v) is 20.9. The molecule has 2 saturated heterocycles. The summed E-state index contributed by atoms with van der Waals surface area (Å²) in [5.41, 5.74) is 2.72. The van der Waals surface area contributed by atoms with E-state index in [-0.39, 0.29) is 22.9 Å². The summed E-state index contributed by atoms with van der Waals surface area (Å²) < 4.78 is 12.9. The second kappa shape index (κ2) is 9.72. The summed E-state index contributed by atoms with van der Waals surface area (Å²) in [6.07, 6.45) is 3.34.